The van der Waals surface area contributed by atoms with Crippen LogP contribution in [0.2, 0.25) is 0 Å². The second kappa shape index (κ2) is 9.04. The summed E-state index contributed by atoms with van der Waals surface area (Å²) >= 11 is 0. The third kappa shape index (κ3) is 4.88. The maximum Gasteiger partial charge on any atom is 0.328 e. The highest BCUT2D eigenvalue weighted by Crippen LogP contribution is 2.21. The molecule has 3 aromatic rings. The summed E-state index contributed by atoms with van der Waals surface area (Å²) in [7, 11) is 3.18. The Morgan fingerprint density at radius 1 is 0.964 bits per heavy atom. The fraction of sp³-hybridized carbons (Fsp3) is 0.217. The highest BCUT2D eigenvalue weighted by molar-refractivity contribution is 5.89. The van der Waals surface area contributed by atoms with E-state index < -0.39 is 12.0 Å². The van der Waals surface area contributed by atoms with E-state index >= 15 is 0 Å². The molecule has 0 saturated heterocycles. The molecular weight excluding hydrogens is 352 g/mol. The van der Waals surface area contributed by atoms with Gasteiger partial charge in [-0.2, -0.15) is 0 Å². The first-order valence-corrected chi connectivity index (χ1v) is 9.18. The van der Waals surface area contributed by atoms with Gasteiger partial charge in [0.2, 0.25) is 5.91 Å². The second-order valence-corrected chi connectivity index (χ2v) is 6.72. The molecule has 3 rings (SSSR count). The maximum absolute atomic E-state index is 12.6. The molecule has 0 radical (unpaired) electrons. The minimum Gasteiger partial charge on any atom is -0.467 e. The molecule has 0 aliphatic carbocycles. The number of ether oxygens (including phenoxy) is 1. The zero-order valence-corrected chi connectivity index (χ0v) is 16.1. The molecule has 0 bridgehead atoms. The van der Waals surface area contributed by atoms with Crippen molar-refractivity contribution in [1.82, 2.24) is 5.32 Å². The van der Waals surface area contributed by atoms with Crippen LogP contribution in [0.1, 0.15) is 5.56 Å². The smallest absolute Gasteiger partial charge is 0.328 e. The van der Waals surface area contributed by atoms with Crippen LogP contribution < -0.4 is 10.2 Å². The van der Waals surface area contributed by atoms with Crippen molar-refractivity contribution in [3.05, 3.63) is 78.4 Å². The molecule has 28 heavy (non-hydrogen) atoms. The number of esters is 1. The van der Waals surface area contributed by atoms with Crippen LogP contribution in [0.4, 0.5) is 5.69 Å². The summed E-state index contributed by atoms with van der Waals surface area (Å²) in [5.41, 5.74) is 1.90. The van der Waals surface area contributed by atoms with Crippen LogP contribution in [-0.4, -0.2) is 38.6 Å². The fourth-order valence-electron chi connectivity index (χ4n) is 3.15. The van der Waals surface area contributed by atoms with E-state index in [0.29, 0.717) is 6.42 Å². The van der Waals surface area contributed by atoms with Gasteiger partial charge in [0.15, 0.2) is 0 Å². The molecular formula is C23H24N2O3. The van der Waals surface area contributed by atoms with Crippen LogP contribution in [0, 0.1) is 0 Å². The van der Waals surface area contributed by atoms with E-state index in [2.05, 4.69) is 11.4 Å². The van der Waals surface area contributed by atoms with E-state index in [1.165, 1.54) is 7.11 Å². The number of nitrogens with zero attached hydrogens (tertiary/aromatic N) is 1. The van der Waals surface area contributed by atoms with Crippen molar-refractivity contribution in [3.63, 3.8) is 0 Å². The number of amides is 1. The molecule has 0 unspecified atom stereocenters. The molecule has 0 aliphatic rings. The summed E-state index contributed by atoms with van der Waals surface area (Å²) in [6.45, 7) is 0.140. The SMILES string of the molecule is COC(=O)[C@H](Cc1ccccc1)NC(=O)CN(C)c1ccc2ccccc2c1. The van der Waals surface area contributed by atoms with Crippen LogP contribution in [-0.2, 0) is 20.7 Å². The first-order chi connectivity index (χ1) is 13.6. The van der Waals surface area contributed by atoms with Gasteiger partial charge in [0.25, 0.3) is 0 Å². The molecule has 3 aromatic carbocycles. The summed E-state index contributed by atoms with van der Waals surface area (Å²) in [5, 5.41) is 5.06. The van der Waals surface area contributed by atoms with E-state index in [9.17, 15) is 9.59 Å². The lowest BCUT2D eigenvalue weighted by atomic mass is 10.1. The highest BCUT2D eigenvalue weighted by atomic mass is 16.5. The first-order valence-electron chi connectivity index (χ1n) is 9.18. The second-order valence-electron chi connectivity index (χ2n) is 6.72. The van der Waals surface area contributed by atoms with E-state index in [-0.39, 0.29) is 12.5 Å². The van der Waals surface area contributed by atoms with Gasteiger partial charge < -0.3 is 15.0 Å². The highest BCUT2D eigenvalue weighted by Gasteiger charge is 2.22. The first kappa shape index (κ1) is 19.4. The Labute approximate surface area is 164 Å². The molecule has 0 aromatic heterocycles. The van der Waals surface area contributed by atoms with Crippen molar-refractivity contribution >= 4 is 28.3 Å². The summed E-state index contributed by atoms with van der Waals surface area (Å²) < 4.78 is 4.86. The molecule has 144 valence electrons. The summed E-state index contributed by atoms with van der Waals surface area (Å²) in [5.74, 6) is -0.687. The predicted octanol–water partition coefficient (Wildman–Crippen LogP) is 3.18. The van der Waals surface area contributed by atoms with E-state index in [0.717, 1.165) is 22.0 Å². The van der Waals surface area contributed by atoms with Crippen LogP contribution >= 0.6 is 0 Å². The summed E-state index contributed by atoms with van der Waals surface area (Å²) in [6.07, 6.45) is 0.388. The predicted molar refractivity (Wildman–Crippen MR) is 111 cm³/mol. The normalized spacial score (nSPS) is 11.6. The largest absolute Gasteiger partial charge is 0.467 e. The van der Waals surface area contributed by atoms with Gasteiger partial charge in [-0.1, -0.05) is 60.7 Å². The maximum atomic E-state index is 12.6. The monoisotopic (exact) mass is 376 g/mol. The number of carbonyl (C=O) groups excluding carboxylic acids is 2. The molecule has 5 heteroatoms. The number of likely N-dealkylation sites (N-methyl/N-ethyl adjacent to an activating group) is 1. The van der Waals surface area contributed by atoms with Gasteiger partial charge in [-0.3, -0.25) is 4.79 Å². The summed E-state index contributed by atoms with van der Waals surface area (Å²) in [4.78, 5) is 26.5. The number of fused-ring (bicyclic) bond motifs is 1. The lowest BCUT2D eigenvalue weighted by Crippen LogP contribution is -2.46. The Balaban J connectivity index is 1.66. The quantitative estimate of drug-likeness (QED) is 0.644. The molecule has 0 aliphatic heterocycles. The van der Waals surface area contributed by atoms with Crippen molar-refractivity contribution in [2.75, 3.05) is 25.6 Å². The number of anilines is 1. The number of benzene rings is 3. The molecule has 0 saturated carbocycles. The van der Waals surface area contributed by atoms with Crippen molar-refractivity contribution in [2.24, 2.45) is 0 Å². The topological polar surface area (TPSA) is 58.6 Å². The van der Waals surface area contributed by atoms with Crippen molar-refractivity contribution in [3.8, 4) is 0 Å². The van der Waals surface area contributed by atoms with Gasteiger partial charge >= 0.3 is 5.97 Å². The van der Waals surface area contributed by atoms with Gasteiger partial charge in [0.05, 0.1) is 13.7 Å². The number of nitrogens with one attached hydrogen (secondary N) is 1. The third-order valence-corrected chi connectivity index (χ3v) is 4.66. The Morgan fingerprint density at radius 2 is 1.64 bits per heavy atom. The molecule has 0 fully saturated rings. The Bertz CT molecular complexity index is 956. The fourth-order valence-corrected chi connectivity index (χ4v) is 3.15. The minimum absolute atomic E-state index is 0.140. The van der Waals surface area contributed by atoms with Gasteiger partial charge in [0, 0.05) is 19.2 Å². The average molecular weight is 376 g/mol. The Morgan fingerprint density at radius 3 is 2.36 bits per heavy atom. The van der Waals surface area contributed by atoms with Crippen LogP contribution in [0.25, 0.3) is 10.8 Å². The number of hydrogen-bond acceptors (Lipinski definition) is 4. The zero-order valence-electron chi connectivity index (χ0n) is 16.1. The van der Waals surface area contributed by atoms with E-state index in [1.807, 2.05) is 78.7 Å². The van der Waals surface area contributed by atoms with Crippen LogP contribution in [0.3, 0.4) is 0 Å². The average Bonchev–Trinajstić information content (AvgIpc) is 2.73. The standard InChI is InChI=1S/C23H24N2O3/c1-25(20-13-12-18-10-6-7-11-19(18)15-20)16-22(26)24-21(23(27)28-2)14-17-8-4-3-5-9-17/h3-13,15,21H,14,16H2,1-2H3,(H,24,26)/t21-/m0/s1. The van der Waals surface area contributed by atoms with Gasteiger partial charge in [-0.25, -0.2) is 4.79 Å². The minimum atomic E-state index is -0.718. The van der Waals surface area contributed by atoms with Crippen LogP contribution in [0.5, 0.6) is 0 Å². The number of carbonyl (C=O) groups is 2. The van der Waals surface area contributed by atoms with E-state index in [1.54, 1.807) is 0 Å². The van der Waals surface area contributed by atoms with Crippen LogP contribution in [0.15, 0.2) is 72.8 Å². The summed E-state index contributed by atoms with van der Waals surface area (Å²) in [6, 6.07) is 23.0. The molecule has 1 amide bonds. The molecule has 5 nitrogen and oxygen atoms in total. The van der Waals surface area contributed by atoms with Gasteiger partial charge in [0.1, 0.15) is 6.04 Å². The lowest BCUT2D eigenvalue weighted by Gasteiger charge is -2.22. The Hall–Kier alpha value is -3.34. The number of rotatable bonds is 7. The van der Waals surface area contributed by atoms with Crippen molar-refractivity contribution in [1.29, 1.82) is 0 Å². The molecule has 1 N–H and O–H groups in total. The third-order valence-electron chi connectivity index (χ3n) is 4.66. The van der Waals surface area contributed by atoms with E-state index in [4.69, 9.17) is 4.74 Å². The van der Waals surface area contributed by atoms with Crippen molar-refractivity contribution in [2.45, 2.75) is 12.5 Å². The molecule has 1 atom stereocenters. The van der Waals surface area contributed by atoms with Gasteiger partial charge in [-0.15, -0.1) is 0 Å². The van der Waals surface area contributed by atoms with Gasteiger partial charge in [-0.05, 0) is 28.5 Å². The zero-order chi connectivity index (χ0) is 19.9. The number of hydrogen-bond donors (Lipinski definition) is 1. The molecule has 0 spiro atoms. The lowest BCUT2D eigenvalue weighted by molar-refractivity contribution is -0.144. The Kier molecular flexibility index (Phi) is 6.27. The van der Waals surface area contributed by atoms with Crippen molar-refractivity contribution < 1.29 is 14.3 Å². The molecule has 0 heterocycles. The number of methoxy groups -OCH3 is 1.